The molecule has 4 rings (SSSR count). The maximum atomic E-state index is 13.0. The molecule has 0 radical (unpaired) electrons. The van der Waals surface area contributed by atoms with Crippen molar-refractivity contribution in [3.63, 3.8) is 0 Å². The molecule has 0 unspecified atom stereocenters. The third kappa shape index (κ3) is 2.84. The first-order chi connectivity index (χ1) is 12.4. The summed E-state index contributed by atoms with van der Waals surface area (Å²) in [5.41, 5.74) is 3.28. The first-order valence-electron chi connectivity index (χ1n) is 8.67. The minimum absolute atomic E-state index is 0.0462. The Labute approximate surface area is 161 Å². The quantitative estimate of drug-likeness (QED) is 0.737. The average Bonchev–Trinajstić information content (AvgIpc) is 3.23. The first kappa shape index (κ1) is 17.3. The lowest BCUT2D eigenvalue weighted by Gasteiger charge is -2.38. The van der Waals surface area contributed by atoms with Gasteiger partial charge in [0.1, 0.15) is 0 Å². The van der Waals surface area contributed by atoms with Crippen LogP contribution >= 0.6 is 22.7 Å². The molecule has 1 aliphatic carbocycles. The molecule has 26 heavy (non-hydrogen) atoms. The summed E-state index contributed by atoms with van der Waals surface area (Å²) in [6.45, 7) is 6.20. The fraction of sp³-hybridized carbons (Fsp3) is 0.333. The van der Waals surface area contributed by atoms with Crippen molar-refractivity contribution in [3.05, 3.63) is 57.1 Å². The number of thiophene rings is 2. The smallest absolute Gasteiger partial charge is 0.162 e. The highest BCUT2D eigenvalue weighted by molar-refractivity contribution is 7.21. The van der Waals surface area contributed by atoms with Crippen molar-refractivity contribution < 1.29 is 4.79 Å². The van der Waals surface area contributed by atoms with Gasteiger partial charge in [-0.1, -0.05) is 19.9 Å². The summed E-state index contributed by atoms with van der Waals surface area (Å²) < 4.78 is 0. The average molecular weight is 381 g/mol. The van der Waals surface area contributed by atoms with E-state index in [-0.39, 0.29) is 17.1 Å². The van der Waals surface area contributed by atoms with Crippen LogP contribution in [0.1, 0.15) is 44.4 Å². The molecule has 2 aromatic rings. The van der Waals surface area contributed by atoms with Crippen LogP contribution in [0, 0.1) is 16.7 Å². The molecule has 5 heteroatoms. The topological polar surface area (TPSA) is 52.9 Å². The summed E-state index contributed by atoms with van der Waals surface area (Å²) in [7, 11) is 0. The van der Waals surface area contributed by atoms with E-state index in [0.717, 1.165) is 28.3 Å². The Morgan fingerprint density at radius 1 is 1.23 bits per heavy atom. The van der Waals surface area contributed by atoms with Crippen LogP contribution in [0.25, 0.3) is 9.75 Å². The molecule has 1 N–H and O–H groups in total. The third-order valence-electron chi connectivity index (χ3n) is 5.04. The van der Waals surface area contributed by atoms with Crippen LogP contribution in [0.5, 0.6) is 0 Å². The maximum Gasteiger partial charge on any atom is 0.162 e. The number of dihydropyridines is 1. The summed E-state index contributed by atoms with van der Waals surface area (Å²) in [6, 6.07) is 10.7. The van der Waals surface area contributed by atoms with Crippen LogP contribution in [0.15, 0.2) is 52.2 Å². The molecule has 1 aliphatic heterocycles. The second kappa shape index (κ2) is 6.22. The van der Waals surface area contributed by atoms with Crippen LogP contribution in [0.3, 0.4) is 0 Å². The van der Waals surface area contributed by atoms with Crippen molar-refractivity contribution in [3.8, 4) is 15.8 Å². The summed E-state index contributed by atoms with van der Waals surface area (Å²) in [6.07, 6.45) is 1.37. The van der Waals surface area contributed by atoms with Gasteiger partial charge in [0.2, 0.25) is 0 Å². The zero-order valence-electron chi connectivity index (χ0n) is 15.1. The van der Waals surface area contributed by atoms with E-state index in [2.05, 4.69) is 48.8 Å². The molecule has 132 valence electrons. The largest absolute Gasteiger partial charge is 0.361 e. The molecule has 2 aliphatic rings. The second-order valence-corrected chi connectivity index (χ2v) is 9.78. The molecule has 0 saturated heterocycles. The second-order valence-electron chi connectivity index (χ2n) is 7.72. The molecule has 0 spiro atoms. The monoisotopic (exact) mass is 380 g/mol. The Morgan fingerprint density at radius 3 is 2.73 bits per heavy atom. The van der Waals surface area contributed by atoms with Gasteiger partial charge in [0, 0.05) is 38.0 Å². The van der Waals surface area contributed by atoms with Gasteiger partial charge >= 0.3 is 0 Å². The molecular formula is C21H20N2OS2. The number of ketones is 1. The van der Waals surface area contributed by atoms with Crippen LogP contribution < -0.4 is 5.32 Å². The number of carbonyl (C=O) groups is 1. The molecular weight excluding hydrogens is 360 g/mol. The van der Waals surface area contributed by atoms with Crippen LogP contribution in [-0.2, 0) is 4.79 Å². The Morgan fingerprint density at radius 2 is 2.04 bits per heavy atom. The zero-order valence-corrected chi connectivity index (χ0v) is 16.7. The number of nitrogens with zero attached hydrogens (tertiary/aromatic N) is 1. The van der Waals surface area contributed by atoms with Crippen molar-refractivity contribution in [2.24, 2.45) is 5.41 Å². The van der Waals surface area contributed by atoms with Gasteiger partial charge in [0.15, 0.2) is 5.78 Å². The molecule has 0 fully saturated rings. The number of allylic oxidation sites excluding steroid dienone is 4. The lowest BCUT2D eigenvalue weighted by atomic mass is 9.70. The number of Topliss-reactive ketones (excluding diaryl/α,β-unsaturated/α-hetero) is 1. The lowest BCUT2D eigenvalue weighted by molar-refractivity contribution is -0.118. The Kier molecular flexibility index (Phi) is 4.13. The molecule has 2 aromatic heterocycles. The van der Waals surface area contributed by atoms with E-state index in [1.807, 2.05) is 13.0 Å². The predicted molar refractivity (Wildman–Crippen MR) is 107 cm³/mol. The van der Waals surface area contributed by atoms with Gasteiger partial charge in [-0.3, -0.25) is 4.79 Å². The van der Waals surface area contributed by atoms with Gasteiger partial charge < -0.3 is 5.32 Å². The first-order valence-corrected chi connectivity index (χ1v) is 10.4. The van der Waals surface area contributed by atoms with E-state index in [9.17, 15) is 10.1 Å². The van der Waals surface area contributed by atoms with Gasteiger partial charge in [-0.05, 0) is 42.3 Å². The molecule has 3 heterocycles. The van der Waals surface area contributed by atoms with Crippen molar-refractivity contribution >= 4 is 28.5 Å². The van der Waals surface area contributed by atoms with Crippen molar-refractivity contribution in [1.29, 1.82) is 5.26 Å². The minimum Gasteiger partial charge on any atom is -0.361 e. The van der Waals surface area contributed by atoms with Crippen LogP contribution in [-0.4, -0.2) is 5.78 Å². The van der Waals surface area contributed by atoms with Gasteiger partial charge in [-0.15, -0.1) is 22.7 Å². The van der Waals surface area contributed by atoms with E-state index in [1.54, 1.807) is 22.7 Å². The maximum absolute atomic E-state index is 13.0. The summed E-state index contributed by atoms with van der Waals surface area (Å²) in [4.78, 5) is 16.5. The number of nitrogens with one attached hydrogen (secondary N) is 1. The third-order valence-corrected chi connectivity index (χ3v) is 7.25. The molecule has 1 atom stereocenters. The van der Waals surface area contributed by atoms with E-state index < -0.39 is 0 Å². The Balaban J connectivity index is 1.83. The fourth-order valence-electron chi connectivity index (χ4n) is 3.93. The van der Waals surface area contributed by atoms with E-state index in [1.165, 1.54) is 9.75 Å². The van der Waals surface area contributed by atoms with E-state index in [0.29, 0.717) is 12.0 Å². The molecule has 0 saturated carbocycles. The summed E-state index contributed by atoms with van der Waals surface area (Å²) in [5, 5.41) is 15.2. The van der Waals surface area contributed by atoms with Gasteiger partial charge in [-0.2, -0.15) is 5.26 Å². The summed E-state index contributed by atoms with van der Waals surface area (Å²) >= 11 is 3.40. The number of carbonyl (C=O) groups excluding carboxylic acids is 1. The number of nitriles is 1. The van der Waals surface area contributed by atoms with Crippen LogP contribution in [0.4, 0.5) is 0 Å². The van der Waals surface area contributed by atoms with E-state index >= 15 is 0 Å². The van der Waals surface area contributed by atoms with Crippen LogP contribution in [0.2, 0.25) is 0 Å². The molecule has 3 nitrogen and oxygen atoms in total. The lowest BCUT2D eigenvalue weighted by Crippen LogP contribution is -2.36. The molecule has 0 amide bonds. The highest BCUT2D eigenvalue weighted by atomic mass is 32.1. The number of rotatable bonds is 2. The standard InChI is InChI=1S/C21H20N2OS2/c1-12-13(11-22)19(18-7-6-17(26-18)16-5-4-8-25-16)20-14(23-12)9-21(2,3)10-15(20)24/h4-8,19,23H,9-10H2,1-3H3/t19-/m0/s1. The zero-order chi connectivity index (χ0) is 18.5. The Hall–Kier alpha value is -2.16. The van der Waals surface area contributed by atoms with Crippen molar-refractivity contribution in [2.45, 2.75) is 39.5 Å². The molecule has 0 bridgehead atoms. The van der Waals surface area contributed by atoms with Gasteiger partial charge in [-0.25, -0.2) is 0 Å². The molecule has 0 aromatic carbocycles. The highest BCUT2D eigenvalue weighted by Crippen LogP contribution is 2.48. The van der Waals surface area contributed by atoms with Gasteiger partial charge in [0.05, 0.1) is 17.6 Å². The minimum atomic E-state index is -0.237. The fourth-order valence-corrected chi connectivity index (χ4v) is 5.89. The predicted octanol–water partition coefficient (Wildman–Crippen LogP) is 5.60. The highest BCUT2D eigenvalue weighted by Gasteiger charge is 2.41. The number of hydrogen-bond acceptors (Lipinski definition) is 5. The van der Waals surface area contributed by atoms with Crippen molar-refractivity contribution in [1.82, 2.24) is 5.32 Å². The van der Waals surface area contributed by atoms with Crippen molar-refractivity contribution in [2.75, 3.05) is 0 Å². The Bertz CT molecular complexity index is 984. The van der Waals surface area contributed by atoms with E-state index in [4.69, 9.17) is 0 Å². The SMILES string of the molecule is CC1=C(C#N)[C@@H](c2ccc(-c3cccs3)s2)C2=C(CC(C)(C)CC2=O)N1. The normalized spacial score (nSPS) is 22.1. The summed E-state index contributed by atoms with van der Waals surface area (Å²) in [5.74, 6) is -0.0707. The number of hydrogen-bond donors (Lipinski definition) is 1. The van der Waals surface area contributed by atoms with Gasteiger partial charge in [0.25, 0.3) is 0 Å².